The Morgan fingerprint density at radius 2 is 1.06 bits per heavy atom. The summed E-state index contributed by atoms with van der Waals surface area (Å²) in [5.41, 5.74) is 8.93. The molecule has 1 saturated heterocycles. The largest absolute Gasteiger partial charge is 0.0692 e. The molecular formula is C29H36P2. The molecule has 0 radical (unpaired) electrons. The van der Waals surface area contributed by atoms with Gasteiger partial charge in [-0.15, -0.1) is 0 Å². The van der Waals surface area contributed by atoms with Crippen LogP contribution in [0.1, 0.15) is 54.5 Å². The van der Waals surface area contributed by atoms with E-state index in [2.05, 4.69) is 103 Å². The van der Waals surface area contributed by atoms with Gasteiger partial charge in [0.15, 0.2) is 0 Å². The quantitative estimate of drug-likeness (QED) is 0.393. The van der Waals surface area contributed by atoms with E-state index in [1.807, 2.05) is 0 Å². The Hall–Kier alpha value is -1.48. The zero-order valence-electron chi connectivity index (χ0n) is 20.2. The summed E-state index contributed by atoms with van der Waals surface area (Å²) in [5.74, 6) is 0. The minimum absolute atomic E-state index is 0.0826. The lowest BCUT2D eigenvalue weighted by molar-refractivity contribution is 0.777. The summed E-state index contributed by atoms with van der Waals surface area (Å²) in [6.45, 7) is 16.6. The predicted octanol–water partition coefficient (Wildman–Crippen LogP) is 6.66. The summed E-state index contributed by atoms with van der Waals surface area (Å²) in [6, 6.07) is 20.9. The minimum atomic E-state index is -0.599. The molecule has 4 rings (SSSR count). The first-order chi connectivity index (χ1) is 14.8. The van der Waals surface area contributed by atoms with E-state index in [0.29, 0.717) is 0 Å². The molecule has 0 saturated carbocycles. The standard InChI is InChI=1S/C29H36P2/c1-19-11-8-12-20(2)28(19)31(29-21(3)13-9-14-22(29)4)27-16-10-15-26(25(27)7)30-23(5)17-18-24(30)6/h8-16,23-24H,17-18H2,1-7H3/t23-,24-/m0/s1. The van der Waals surface area contributed by atoms with Crippen molar-refractivity contribution in [1.82, 2.24) is 0 Å². The highest BCUT2D eigenvalue weighted by molar-refractivity contribution is 7.80. The van der Waals surface area contributed by atoms with Crippen LogP contribution in [0.25, 0.3) is 0 Å². The molecule has 0 bridgehead atoms. The Balaban J connectivity index is 1.99. The van der Waals surface area contributed by atoms with Crippen LogP contribution in [0.5, 0.6) is 0 Å². The van der Waals surface area contributed by atoms with Gasteiger partial charge in [-0.1, -0.05) is 76.4 Å². The molecule has 162 valence electrons. The second-order valence-electron chi connectivity index (χ2n) is 9.42. The van der Waals surface area contributed by atoms with Gasteiger partial charge in [0.25, 0.3) is 0 Å². The zero-order valence-corrected chi connectivity index (χ0v) is 21.9. The van der Waals surface area contributed by atoms with E-state index < -0.39 is 7.92 Å². The van der Waals surface area contributed by atoms with Gasteiger partial charge < -0.3 is 0 Å². The van der Waals surface area contributed by atoms with Gasteiger partial charge in [0.2, 0.25) is 0 Å². The molecular weight excluding hydrogens is 410 g/mol. The van der Waals surface area contributed by atoms with E-state index in [4.69, 9.17) is 0 Å². The van der Waals surface area contributed by atoms with Crippen molar-refractivity contribution < 1.29 is 0 Å². The maximum absolute atomic E-state index is 2.49. The first-order valence-electron chi connectivity index (χ1n) is 11.6. The predicted molar refractivity (Wildman–Crippen MR) is 144 cm³/mol. The van der Waals surface area contributed by atoms with Gasteiger partial charge in [0.1, 0.15) is 0 Å². The molecule has 1 fully saturated rings. The van der Waals surface area contributed by atoms with Crippen LogP contribution in [0, 0.1) is 34.6 Å². The summed E-state index contributed by atoms with van der Waals surface area (Å²) in [7, 11) is -0.681. The van der Waals surface area contributed by atoms with Gasteiger partial charge in [0.05, 0.1) is 0 Å². The molecule has 3 aromatic carbocycles. The fourth-order valence-corrected chi connectivity index (χ4v) is 12.1. The third kappa shape index (κ3) is 4.15. The molecule has 3 aromatic rings. The van der Waals surface area contributed by atoms with Crippen LogP contribution in [0.15, 0.2) is 54.6 Å². The molecule has 0 unspecified atom stereocenters. The maximum Gasteiger partial charge on any atom is -0.00924 e. The number of aryl methyl sites for hydroxylation is 4. The lowest BCUT2D eigenvalue weighted by atomic mass is 10.1. The van der Waals surface area contributed by atoms with Crippen molar-refractivity contribution in [3.63, 3.8) is 0 Å². The molecule has 0 nitrogen and oxygen atoms in total. The van der Waals surface area contributed by atoms with Crippen LogP contribution >= 0.6 is 15.8 Å². The van der Waals surface area contributed by atoms with Crippen molar-refractivity contribution in [2.75, 3.05) is 0 Å². The van der Waals surface area contributed by atoms with E-state index in [9.17, 15) is 0 Å². The summed E-state index contributed by atoms with van der Waals surface area (Å²) in [4.78, 5) is 0. The topological polar surface area (TPSA) is 0 Å². The second-order valence-corrected chi connectivity index (χ2v) is 14.5. The summed E-state index contributed by atoms with van der Waals surface area (Å²) >= 11 is 0. The Bertz CT molecular complexity index is 996. The molecule has 2 atom stereocenters. The molecule has 31 heavy (non-hydrogen) atoms. The van der Waals surface area contributed by atoms with Crippen LogP contribution in [0.4, 0.5) is 0 Å². The highest BCUT2D eigenvalue weighted by atomic mass is 31.1. The Morgan fingerprint density at radius 1 is 0.645 bits per heavy atom. The van der Waals surface area contributed by atoms with E-state index in [1.165, 1.54) is 35.1 Å². The fourth-order valence-electron chi connectivity index (χ4n) is 5.47. The van der Waals surface area contributed by atoms with Gasteiger partial charge in [-0.25, -0.2) is 0 Å². The monoisotopic (exact) mass is 446 g/mol. The van der Waals surface area contributed by atoms with Crippen molar-refractivity contribution in [3.05, 3.63) is 82.4 Å². The van der Waals surface area contributed by atoms with E-state index >= 15 is 0 Å². The normalized spacial score (nSPS) is 19.4. The van der Waals surface area contributed by atoms with E-state index in [-0.39, 0.29) is 7.92 Å². The molecule has 0 spiro atoms. The number of hydrogen-bond donors (Lipinski definition) is 0. The average Bonchev–Trinajstić information content (AvgIpc) is 3.05. The molecule has 0 N–H and O–H groups in total. The van der Waals surface area contributed by atoms with Crippen molar-refractivity contribution in [3.8, 4) is 0 Å². The van der Waals surface area contributed by atoms with Crippen LogP contribution in [0.2, 0.25) is 0 Å². The van der Waals surface area contributed by atoms with Crippen molar-refractivity contribution in [1.29, 1.82) is 0 Å². The Morgan fingerprint density at radius 3 is 1.52 bits per heavy atom. The summed E-state index contributed by atoms with van der Waals surface area (Å²) in [5, 5.41) is 6.33. The smallest absolute Gasteiger partial charge is 0.00924 e. The first-order valence-corrected chi connectivity index (χ1v) is 14.4. The van der Waals surface area contributed by atoms with Gasteiger partial charge in [-0.2, -0.15) is 0 Å². The van der Waals surface area contributed by atoms with Crippen LogP contribution in [-0.2, 0) is 0 Å². The van der Waals surface area contributed by atoms with E-state index in [1.54, 1.807) is 26.8 Å². The lowest BCUT2D eigenvalue weighted by Crippen LogP contribution is -2.31. The van der Waals surface area contributed by atoms with Crippen molar-refractivity contribution in [2.45, 2.75) is 72.6 Å². The molecule has 0 aromatic heterocycles. The van der Waals surface area contributed by atoms with Crippen molar-refractivity contribution in [2.24, 2.45) is 0 Å². The molecule has 2 heteroatoms. The minimum Gasteiger partial charge on any atom is -0.0692 e. The Kier molecular flexibility index (Phi) is 6.72. The van der Waals surface area contributed by atoms with E-state index in [0.717, 1.165) is 11.3 Å². The summed E-state index contributed by atoms with van der Waals surface area (Å²) < 4.78 is 0. The second kappa shape index (κ2) is 9.17. The molecule has 1 aliphatic rings. The molecule has 0 aliphatic carbocycles. The molecule has 1 aliphatic heterocycles. The zero-order chi connectivity index (χ0) is 22.3. The lowest BCUT2D eigenvalue weighted by Gasteiger charge is -2.30. The first kappa shape index (κ1) is 22.7. The highest BCUT2D eigenvalue weighted by Gasteiger charge is 2.33. The fraction of sp³-hybridized carbons (Fsp3) is 0.379. The molecule has 1 heterocycles. The van der Waals surface area contributed by atoms with Crippen LogP contribution < -0.4 is 21.2 Å². The molecule has 0 amide bonds. The van der Waals surface area contributed by atoms with Gasteiger partial charge in [0, 0.05) is 0 Å². The third-order valence-corrected chi connectivity index (χ3v) is 13.8. The Labute approximate surface area is 192 Å². The SMILES string of the molecule is Cc1cccc(C)c1P(c1cccc(P2[C@@H](C)CC[C@@H]2C)c1C)c1c(C)cccc1C. The number of rotatable bonds is 4. The van der Waals surface area contributed by atoms with Gasteiger partial charge in [-0.3, -0.25) is 0 Å². The number of hydrogen-bond acceptors (Lipinski definition) is 0. The summed E-state index contributed by atoms with van der Waals surface area (Å²) in [6.07, 6.45) is 2.78. The number of benzene rings is 3. The average molecular weight is 447 g/mol. The highest BCUT2D eigenvalue weighted by Crippen LogP contribution is 2.55. The maximum atomic E-state index is 2.49. The third-order valence-electron chi connectivity index (χ3n) is 7.07. The van der Waals surface area contributed by atoms with Crippen molar-refractivity contribution >= 4 is 37.1 Å². The van der Waals surface area contributed by atoms with Gasteiger partial charge in [-0.05, 0) is 116 Å². The van der Waals surface area contributed by atoms with Crippen LogP contribution in [-0.4, -0.2) is 11.3 Å². The van der Waals surface area contributed by atoms with Crippen LogP contribution in [0.3, 0.4) is 0 Å². The van der Waals surface area contributed by atoms with Gasteiger partial charge >= 0.3 is 0 Å².